The molecule has 20 atom stereocenters. The van der Waals surface area contributed by atoms with Crippen LogP contribution in [0.15, 0.2) is 0 Å². The molecule has 0 aromatic carbocycles. The molecule has 0 spiro atoms. The number of ether oxygens (including phenoxy) is 7. The standard InChI is InChI=1S/C28H48N2O19/c1-7-15(35)19(39)20(40)27(43-7)47-22-12(6-32)46-26(13(18(22)38)29-9(3)33)49-24-16(36)8(2)44-28(21(24)41)48-23-14(30-10(4)34)25(42)45-11(5-31)17(23)37/h7-8,11-28,31-32,35-42H,5-6H2,1-4H3,(H,29,33)(H,30,34)/t7-,8-,11+,12+,13+,14+,15+,16+,17+,18+,19+,20-,21-,22+,23+,24+,25+,26-,27-,28-/m0/s1. The SMILES string of the molecule is CC(=O)N[C@@H]1[C@@H](O[C@@H]2O[C@@H](C)[C@@H](O)[C@@H](O[C@@H]3O[C@H](CO)[C@@H](O[C@@H]4O[C@@H](C)[C@@H](O)[C@@H](O)[C@@H]4O)[C@H](O)[C@H]3NC(C)=O)[C@@H]2O)[C@H](O)[C@@H](CO)O[C@H]1O. The summed E-state index contributed by atoms with van der Waals surface area (Å²) in [6.45, 7) is 3.42. The van der Waals surface area contributed by atoms with Crippen LogP contribution in [-0.2, 0) is 42.7 Å². The Balaban J connectivity index is 1.56. The second-order valence-electron chi connectivity index (χ2n) is 12.6. The van der Waals surface area contributed by atoms with Crippen LogP contribution in [0.5, 0.6) is 0 Å². The van der Waals surface area contributed by atoms with E-state index >= 15 is 0 Å². The minimum absolute atomic E-state index is 0.642. The Bertz CT molecular complexity index is 1110. The van der Waals surface area contributed by atoms with Crippen molar-refractivity contribution in [2.75, 3.05) is 13.2 Å². The van der Waals surface area contributed by atoms with Gasteiger partial charge in [0.2, 0.25) is 11.8 Å². The first-order valence-corrected chi connectivity index (χ1v) is 15.8. The fourth-order valence-corrected chi connectivity index (χ4v) is 6.23. The zero-order valence-corrected chi connectivity index (χ0v) is 27.1. The van der Waals surface area contributed by atoms with Crippen LogP contribution in [0.1, 0.15) is 27.7 Å². The molecule has 4 rings (SSSR count). The molecular weight excluding hydrogens is 668 g/mol. The monoisotopic (exact) mass is 716 g/mol. The van der Waals surface area contributed by atoms with Crippen molar-refractivity contribution in [1.29, 1.82) is 0 Å². The second-order valence-corrected chi connectivity index (χ2v) is 12.6. The van der Waals surface area contributed by atoms with Crippen molar-refractivity contribution >= 4 is 11.8 Å². The van der Waals surface area contributed by atoms with E-state index in [4.69, 9.17) is 33.2 Å². The van der Waals surface area contributed by atoms with Crippen LogP contribution in [0.2, 0.25) is 0 Å². The molecule has 2 amide bonds. The fourth-order valence-electron chi connectivity index (χ4n) is 6.23. The molecule has 21 nitrogen and oxygen atoms in total. The first kappa shape index (κ1) is 40.0. The van der Waals surface area contributed by atoms with Crippen LogP contribution in [-0.4, -0.2) is 199 Å². The van der Waals surface area contributed by atoms with Gasteiger partial charge in [-0.05, 0) is 13.8 Å². The Morgan fingerprint density at radius 3 is 1.61 bits per heavy atom. The van der Waals surface area contributed by atoms with E-state index in [1.807, 2.05) is 0 Å². The van der Waals surface area contributed by atoms with Gasteiger partial charge in [0.25, 0.3) is 0 Å². The van der Waals surface area contributed by atoms with E-state index < -0.39 is 148 Å². The van der Waals surface area contributed by atoms with Gasteiger partial charge in [-0.15, -0.1) is 0 Å². The first-order chi connectivity index (χ1) is 23.0. The summed E-state index contributed by atoms with van der Waals surface area (Å²) in [5.41, 5.74) is 0. The van der Waals surface area contributed by atoms with E-state index in [1.54, 1.807) is 0 Å². The maximum atomic E-state index is 12.2. The van der Waals surface area contributed by atoms with Gasteiger partial charge in [-0.1, -0.05) is 0 Å². The summed E-state index contributed by atoms with van der Waals surface area (Å²) in [4.78, 5) is 24.0. The highest BCUT2D eigenvalue weighted by Gasteiger charge is 2.55. The molecule has 284 valence electrons. The summed E-state index contributed by atoms with van der Waals surface area (Å²) in [6.07, 6.45) is -28.4. The molecule has 21 heteroatoms. The number of nitrogens with one attached hydrogen (secondary N) is 2. The van der Waals surface area contributed by atoms with Gasteiger partial charge in [-0.2, -0.15) is 0 Å². The lowest BCUT2D eigenvalue weighted by atomic mass is 9.94. The van der Waals surface area contributed by atoms with Crippen molar-refractivity contribution in [2.45, 2.75) is 150 Å². The molecule has 4 fully saturated rings. The minimum atomic E-state index is -1.91. The molecular formula is C28H48N2O19. The van der Waals surface area contributed by atoms with Crippen molar-refractivity contribution in [3.05, 3.63) is 0 Å². The van der Waals surface area contributed by atoms with Gasteiger partial charge in [0.05, 0.1) is 25.4 Å². The summed E-state index contributed by atoms with van der Waals surface area (Å²) in [7, 11) is 0. The average molecular weight is 717 g/mol. The number of aliphatic hydroxyl groups excluding tert-OH is 10. The minimum Gasteiger partial charge on any atom is -0.394 e. The maximum Gasteiger partial charge on any atom is 0.217 e. The molecule has 0 bridgehead atoms. The molecule has 0 aromatic heterocycles. The van der Waals surface area contributed by atoms with Crippen molar-refractivity contribution in [2.24, 2.45) is 0 Å². The second kappa shape index (κ2) is 16.7. The van der Waals surface area contributed by atoms with Gasteiger partial charge < -0.3 is 94.9 Å². The molecule has 0 radical (unpaired) electrons. The van der Waals surface area contributed by atoms with E-state index in [0.29, 0.717) is 0 Å². The Hall–Kier alpha value is -1.74. The van der Waals surface area contributed by atoms with Gasteiger partial charge in [-0.3, -0.25) is 9.59 Å². The van der Waals surface area contributed by atoms with Crippen LogP contribution in [0.25, 0.3) is 0 Å². The Morgan fingerprint density at radius 2 is 1.04 bits per heavy atom. The van der Waals surface area contributed by atoms with Crippen molar-refractivity contribution in [3.8, 4) is 0 Å². The van der Waals surface area contributed by atoms with Gasteiger partial charge >= 0.3 is 0 Å². The largest absolute Gasteiger partial charge is 0.394 e. The van der Waals surface area contributed by atoms with Crippen LogP contribution in [0.4, 0.5) is 0 Å². The summed E-state index contributed by atoms with van der Waals surface area (Å²) < 4.78 is 39.5. The van der Waals surface area contributed by atoms with Crippen LogP contribution < -0.4 is 10.6 Å². The van der Waals surface area contributed by atoms with Crippen LogP contribution >= 0.6 is 0 Å². The zero-order chi connectivity index (χ0) is 36.5. The number of hydrogen-bond acceptors (Lipinski definition) is 19. The van der Waals surface area contributed by atoms with Crippen LogP contribution in [0, 0.1) is 0 Å². The van der Waals surface area contributed by atoms with E-state index in [0.717, 1.165) is 13.8 Å². The highest BCUT2D eigenvalue weighted by molar-refractivity contribution is 5.73. The first-order valence-electron chi connectivity index (χ1n) is 15.8. The summed E-state index contributed by atoms with van der Waals surface area (Å²) in [5.74, 6) is -1.34. The summed E-state index contributed by atoms with van der Waals surface area (Å²) in [6, 6.07) is -2.92. The van der Waals surface area contributed by atoms with Crippen molar-refractivity contribution in [1.82, 2.24) is 10.6 Å². The smallest absolute Gasteiger partial charge is 0.217 e. The van der Waals surface area contributed by atoms with Gasteiger partial charge in [-0.25, -0.2) is 0 Å². The molecule has 4 aliphatic heterocycles. The Kier molecular flexibility index (Phi) is 13.7. The Labute approximate surface area is 280 Å². The molecule has 49 heavy (non-hydrogen) atoms. The third-order valence-corrected chi connectivity index (χ3v) is 8.93. The maximum absolute atomic E-state index is 12.2. The predicted octanol–water partition coefficient (Wildman–Crippen LogP) is -7.41. The van der Waals surface area contributed by atoms with Crippen molar-refractivity contribution in [3.63, 3.8) is 0 Å². The molecule has 4 heterocycles. The molecule has 4 saturated heterocycles. The van der Waals surface area contributed by atoms with Crippen LogP contribution in [0.3, 0.4) is 0 Å². The fraction of sp³-hybridized carbons (Fsp3) is 0.929. The topological polar surface area (TPSA) is 325 Å². The number of hydrogen-bond donors (Lipinski definition) is 12. The Morgan fingerprint density at radius 1 is 0.531 bits per heavy atom. The molecule has 0 saturated carbocycles. The predicted molar refractivity (Wildman–Crippen MR) is 154 cm³/mol. The van der Waals surface area contributed by atoms with E-state index in [-0.39, 0.29) is 0 Å². The third kappa shape index (κ3) is 8.67. The van der Waals surface area contributed by atoms with Gasteiger partial charge in [0.15, 0.2) is 25.2 Å². The number of carbonyl (C=O) groups is 2. The quantitative estimate of drug-likeness (QED) is 0.0999. The van der Waals surface area contributed by atoms with E-state index in [1.165, 1.54) is 13.8 Å². The summed E-state index contributed by atoms with van der Waals surface area (Å²) in [5, 5.41) is 110. The van der Waals surface area contributed by atoms with Gasteiger partial charge in [0, 0.05) is 13.8 Å². The molecule has 0 aliphatic carbocycles. The average Bonchev–Trinajstić information content (AvgIpc) is 3.04. The summed E-state index contributed by atoms with van der Waals surface area (Å²) >= 11 is 0. The highest BCUT2D eigenvalue weighted by Crippen LogP contribution is 2.34. The number of aliphatic hydroxyl groups is 10. The van der Waals surface area contributed by atoms with E-state index in [2.05, 4.69) is 10.6 Å². The van der Waals surface area contributed by atoms with Crippen molar-refractivity contribution < 1.29 is 93.8 Å². The number of rotatable bonds is 10. The third-order valence-electron chi connectivity index (χ3n) is 8.93. The lowest BCUT2D eigenvalue weighted by Gasteiger charge is -2.50. The molecule has 4 aliphatic rings. The normalized spacial score (nSPS) is 49.3. The zero-order valence-electron chi connectivity index (χ0n) is 27.1. The lowest BCUT2D eigenvalue weighted by molar-refractivity contribution is -0.372. The number of carbonyl (C=O) groups excluding carboxylic acids is 2. The van der Waals surface area contributed by atoms with Gasteiger partial charge in [0.1, 0.15) is 85.3 Å². The molecule has 12 N–H and O–H groups in total. The highest BCUT2D eigenvalue weighted by atomic mass is 16.8. The molecule has 0 aromatic rings. The van der Waals surface area contributed by atoms with E-state index in [9.17, 15) is 60.7 Å². The number of amides is 2. The molecule has 0 unspecified atom stereocenters. The lowest BCUT2D eigenvalue weighted by Crippen LogP contribution is -2.70.